The third-order valence-corrected chi connectivity index (χ3v) is 3.11. The van der Waals surface area contributed by atoms with Gasteiger partial charge in [-0.15, -0.1) is 0 Å². The van der Waals surface area contributed by atoms with Gasteiger partial charge >= 0.3 is 6.18 Å². The summed E-state index contributed by atoms with van der Waals surface area (Å²) in [7, 11) is 0. The minimum absolute atomic E-state index is 0.0796. The number of ether oxygens (including phenoxy) is 1. The number of carbonyl (C=O) groups excluding carboxylic acids is 1. The van der Waals surface area contributed by atoms with E-state index in [-0.39, 0.29) is 24.1 Å². The highest BCUT2D eigenvalue weighted by Gasteiger charge is 2.27. The summed E-state index contributed by atoms with van der Waals surface area (Å²) in [4.78, 5) is 12.0. The van der Waals surface area contributed by atoms with Crippen LogP contribution in [0.3, 0.4) is 0 Å². The van der Waals surface area contributed by atoms with Crippen LogP contribution in [0.15, 0.2) is 24.3 Å². The van der Waals surface area contributed by atoms with Crippen LogP contribution in [0, 0.1) is 0 Å². The lowest BCUT2D eigenvalue weighted by Gasteiger charge is -2.23. The third-order valence-electron chi connectivity index (χ3n) is 3.11. The molecule has 8 heteroatoms. The van der Waals surface area contributed by atoms with Crippen LogP contribution in [-0.2, 0) is 9.53 Å². The standard InChI is InChI=1S/C14H18F3N3O2/c15-14(16,17)9-19-11-3-1-2-4-12(11)20-13(21)7-10-8-22-6-5-18-10/h1-4,10,18-19H,5-9H2,(H,20,21). The number of rotatable bonds is 5. The molecule has 0 aliphatic carbocycles. The molecule has 1 aliphatic rings. The van der Waals surface area contributed by atoms with Crippen molar-refractivity contribution in [2.75, 3.05) is 36.9 Å². The van der Waals surface area contributed by atoms with Crippen LogP contribution in [-0.4, -0.2) is 44.4 Å². The fraction of sp³-hybridized carbons (Fsp3) is 0.500. The number of hydrogen-bond donors (Lipinski definition) is 3. The number of alkyl halides is 3. The van der Waals surface area contributed by atoms with Crippen molar-refractivity contribution in [1.29, 1.82) is 0 Å². The number of halogens is 3. The summed E-state index contributed by atoms with van der Waals surface area (Å²) in [6.45, 7) is 0.587. The van der Waals surface area contributed by atoms with Crippen LogP contribution >= 0.6 is 0 Å². The van der Waals surface area contributed by atoms with E-state index >= 15 is 0 Å². The molecule has 0 radical (unpaired) electrons. The zero-order valence-corrected chi connectivity index (χ0v) is 11.9. The van der Waals surface area contributed by atoms with E-state index < -0.39 is 12.7 Å². The lowest BCUT2D eigenvalue weighted by atomic mass is 10.2. The van der Waals surface area contributed by atoms with Gasteiger partial charge in [0.1, 0.15) is 6.54 Å². The molecule has 1 amide bonds. The Balaban J connectivity index is 1.92. The van der Waals surface area contributed by atoms with Crippen molar-refractivity contribution in [3.8, 4) is 0 Å². The summed E-state index contributed by atoms with van der Waals surface area (Å²) in [6.07, 6.45) is -4.12. The molecule has 22 heavy (non-hydrogen) atoms. The minimum Gasteiger partial charge on any atom is -0.378 e. The van der Waals surface area contributed by atoms with Crippen LogP contribution in [0.2, 0.25) is 0 Å². The molecule has 0 saturated carbocycles. The number of nitrogens with one attached hydrogen (secondary N) is 3. The molecule has 5 nitrogen and oxygen atoms in total. The molecule has 122 valence electrons. The molecular formula is C14H18F3N3O2. The van der Waals surface area contributed by atoms with Crippen molar-refractivity contribution in [3.05, 3.63) is 24.3 Å². The number of para-hydroxylation sites is 2. The monoisotopic (exact) mass is 317 g/mol. The van der Waals surface area contributed by atoms with Crippen LogP contribution in [0.4, 0.5) is 24.5 Å². The Hall–Kier alpha value is -1.80. The number of morpholine rings is 1. The van der Waals surface area contributed by atoms with E-state index in [1.54, 1.807) is 18.2 Å². The molecule has 1 atom stereocenters. The Morgan fingerprint density at radius 3 is 2.68 bits per heavy atom. The second-order valence-corrected chi connectivity index (χ2v) is 4.99. The Morgan fingerprint density at radius 2 is 2.05 bits per heavy atom. The Kier molecular flexibility index (Phi) is 5.62. The molecule has 1 aromatic carbocycles. The number of amides is 1. The molecule has 2 rings (SSSR count). The van der Waals surface area contributed by atoms with Gasteiger partial charge in [-0.3, -0.25) is 4.79 Å². The Labute approximate surface area is 126 Å². The second kappa shape index (κ2) is 7.46. The average molecular weight is 317 g/mol. The molecule has 1 aliphatic heterocycles. The summed E-state index contributed by atoms with van der Waals surface area (Å²) in [6, 6.07) is 6.22. The zero-order valence-electron chi connectivity index (χ0n) is 11.9. The van der Waals surface area contributed by atoms with E-state index in [1.807, 2.05) is 0 Å². The van der Waals surface area contributed by atoms with Crippen LogP contribution in [0.5, 0.6) is 0 Å². The summed E-state index contributed by atoms with van der Waals surface area (Å²) >= 11 is 0. The van der Waals surface area contributed by atoms with Crippen molar-refractivity contribution in [2.45, 2.75) is 18.6 Å². The van der Waals surface area contributed by atoms with Crippen LogP contribution in [0.25, 0.3) is 0 Å². The van der Waals surface area contributed by atoms with E-state index in [2.05, 4.69) is 16.0 Å². The van der Waals surface area contributed by atoms with Crippen molar-refractivity contribution >= 4 is 17.3 Å². The highest BCUT2D eigenvalue weighted by atomic mass is 19.4. The van der Waals surface area contributed by atoms with Gasteiger partial charge in [-0.25, -0.2) is 0 Å². The zero-order chi connectivity index (χ0) is 16.0. The maximum absolute atomic E-state index is 12.3. The first-order valence-corrected chi connectivity index (χ1v) is 6.95. The van der Waals surface area contributed by atoms with E-state index in [0.717, 1.165) is 0 Å². The lowest BCUT2D eigenvalue weighted by molar-refractivity contribution is -0.117. The number of anilines is 2. The molecule has 0 bridgehead atoms. The van der Waals surface area contributed by atoms with Gasteiger partial charge in [0.2, 0.25) is 5.91 Å². The normalized spacial score (nSPS) is 18.8. The smallest absolute Gasteiger partial charge is 0.378 e. The first-order chi connectivity index (χ1) is 10.4. The maximum atomic E-state index is 12.3. The van der Waals surface area contributed by atoms with Gasteiger partial charge < -0.3 is 20.7 Å². The van der Waals surface area contributed by atoms with Crippen molar-refractivity contribution < 1.29 is 22.7 Å². The lowest BCUT2D eigenvalue weighted by Crippen LogP contribution is -2.43. The maximum Gasteiger partial charge on any atom is 0.405 e. The molecule has 0 aromatic heterocycles. The summed E-state index contributed by atoms with van der Waals surface area (Å²) in [5.41, 5.74) is 0.564. The Morgan fingerprint density at radius 1 is 1.32 bits per heavy atom. The average Bonchev–Trinajstić information content (AvgIpc) is 2.46. The minimum atomic E-state index is -4.32. The predicted molar refractivity (Wildman–Crippen MR) is 76.8 cm³/mol. The molecule has 3 N–H and O–H groups in total. The van der Waals surface area contributed by atoms with Gasteiger partial charge in [0.25, 0.3) is 0 Å². The predicted octanol–water partition coefficient (Wildman–Crippen LogP) is 1.98. The second-order valence-electron chi connectivity index (χ2n) is 4.99. The number of benzene rings is 1. The SMILES string of the molecule is O=C(CC1COCCN1)Nc1ccccc1NCC(F)(F)F. The Bertz CT molecular complexity index is 502. The summed E-state index contributed by atoms with van der Waals surface area (Å²) in [5, 5.41) is 8.06. The fourth-order valence-electron chi connectivity index (χ4n) is 2.12. The quantitative estimate of drug-likeness (QED) is 0.777. The molecule has 1 unspecified atom stereocenters. The van der Waals surface area contributed by atoms with Gasteiger partial charge in [-0.1, -0.05) is 12.1 Å². The number of hydrogen-bond acceptors (Lipinski definition) is 4. The topological polar surface area (TPSA) is 62.4 Å². The highest BCUT2D eigenvalue weighted by molar-refractivity contribution is 5.94. The van der Waals surface area contributed by atoms with Crippen molar-refractivity contribution in [2.24, 2.45) is 0 Å². The van der Waals surface area contributed by atoms with E-state index in [4.69, 9.17) is 4.74 Å². The first-order valence-electron chi connectivity index (χ1n) is 6.95. The van der Waals surface area contributed by atoms with Crippen molar-refractivity contribution in [3.63, 3.8) is 0 Å². The van der Waals surface area contributed by atoms with Crippen LogP contribution in [0.1, 0.15) is 6.42 Å². The highest BCUT2D eigenvalue weighted by Crippen LogP contribution is 2.23. The summed E-state index contributed by atoms with van der Waals surface area (Å²) in [5.74, 6) is -0.274. The molecule has 1 fully saturated rings. The molecule has 0 spiro atoms. The molecule has 1 heterocycles. The first kappa shape index (κ1) is 16.6. The van der Waals surface area contributed by atoms with Gasteiger partial charge in [0, 0.05) is 19.0 Å². The fourth-order valence-corrected chi connectivity index (χ4v) is 2.12. The third kappa shape index (κ3) is 5.53. The summed E-state index contributed by atoms with van der Waals surface area (Å²) < 4.78 is 42.1. The van der Waals surface area contributed by atoms with E-state index in [9.17, 15) is 18.0 Å². The number of carbonyl (C=O) groups is 1. The largest absolute Gasteiger partial charge is 0.405 e. The molecule has 1 aromatic rings. The van der Waals surface area contributed by atoms with E-state index in [1.165, 1.54) is 6.07 Å². The molecular weight excluding hydrogens is 299 g/mol. The van der Waals surface area contributed by atoms with Gasteiger partial charge in [0.05, 0.1) is 24.6 Å². The van der Waals surface area contributed by atoms with Gasteiger partial charge in [-0.05, 0) is 12.1 Å². The van der Waals surface area contributed by atoms with Gasteiger partial charge in [0.15, 0.2) is 0 Å². The molecule has 1 saturated heterocycles. The van der Waals surface area contributed by atoms with Gasteiger partial charge in [-0.2, -0.15) is 13.2 Å². The van der Waals surface area contributed by atoms with Crippen molar-refractivity contribution in [1.82, 2.24) is 5.32 Å². The van der Waals surface area contributed by atoms with E-state index in [0.29, 0.717) is 25.4 Å². The van der Waals surface area contributed by atoms with Crippen LogP contribution < -0.4 is 16.0 Å².